The van der Waals surface area contributed by atoms with Gasteiger partial charge in [-0.15, -0.1) is 0 Å². The molecule has 0 saturated heterocycles. The van der Waals surface area contributed by atoms with Crippen molar-refractivity contribution in [2.45, 2.75) is 39.8 Å². The Hall–Kier alpha value is -1.86. The highest BCUT2D eigenvalue weighted by atomic mass is 79.9. The number of hydrogen-bond donors (Lipinski definition) is 1. The first-order valence-corrected chi connectivity index (χ1v) is 11.1. The summed E-state index contributed by atoms with van der Waals surface area (Å²) in [6, 6.07) is 12.7. The van der Waals surface area contributed by atoms with Crippen LogP contribution < -0.4 is 10.1 Å². The molecular weight excluding hydrogens is 500 g/mol. The van der Waals surface area contributed by atoms with Crippen LogP contribution in [0, 0.1) is 6.92 Å². The summed E-state index contributed by atoms with van der Waals surface area (Å²) in [5.41, 5.74) is 1.96. The lowest BCUT2D eigenvalue weighted by molar-refractivity contribution is -0.142. The van der Waals surface area contributed by atoms with E-state index in [-0.39, 0.29) is 18.4 Å². The molecule has 2 amide bonds. The second kappa shape index (κ2) is 11.4. The highest BCUT2D eigenvalue weighted by Crippen LogP contribution is 2.22. The average molecular weight is 526 g/mol. The summed E-state index contributed by atoms with van der Waals surface area (Å²) in [6.07, 6.45) is 0.838. The summed E-state index contributed by atoms with van der Waals surface area (Å²) in [4.78, 5) is 27.0. The van der Waals surface area contributed by atoms with Crippen molar-refractivity contribution >= 4 is 43.7 Å². The van der Waals surface area contributed by atoms with E-state index < -0.39 is 6.04 Å². The lowest BCUT2D eigenvalue weighted by atomic mass is 10.1. The molecule has 1 unspecified atom stereocenters. The summed E-state index contributed by atoms with van der Waals surface area (Å²) in [7, 11) is 0. The first-order chi connectivity index (χ1) is 13.8. The monoisotopic (exact) mass is 524 g/mol. The number of benzene rings is 2. The van der Waals surface area contributed by atoms with E-state index in [2.05, 4.69) is 37.2 Å². The Kier molecular flexibility index (Phi) is 9.17. The lowest BCUT2D eigenvalue weighted by Gasteiger charge is -2.28. The molecule has 29 heavy (non-hydrogen) atoms. The minimum Gasteiger partial charge on any atom is -0.484 e. The van der Waals surface area contributed by atoms with E-state index in [4.69, 9.17) is 4.74 Å². The number of hydrogen-bond acceptors (Lipinski definition) is 3. The topological polar surface area (TPSA) is 58.6 Å². The van der Waals surface area contributed by atoms with Gasteiger partial charge in [-0.1, -0.05) is 50.9 Å². The zero-order chi connectivity index (χ0) is 21.4. The Morgan fingerprint density at radius 3 is 2.45 bits per heavy atom. The first-order valence-electron chi connectivity index (χ1n) is 9.52. The van der Waals surface area contributed by atoms with E-state index in [0.717, 1.165) is 26.5 Å². The second-order valence-corrected chi connectivity index (χ2v) is 8.58. The molecule has 2 rings (SSSR count). The zero-order valence-corrected chi connectivity index (χ0v) is 20.0. The van der Waals surface area contributed by atoms with E-state index >= 15 is 0 Å². The number of nitrogens with one attached hydrogen (secondary N) is 1. The predicted molar refractivity (Wildman–Crippen MR) is 122 cm³/mol. The van der Waals surface area contributed by atoms with Crippen LogP contribution in [-0.2, 0) is 16.1 Å². The molecule has 0 bridgehead atoms. The molecule has 0 aliphatic carbocycles. The van der Waals surface area contributed by atoms with Crippen LogP contribution >= 0.6 is 31.9 Å². The molecule has 0 radical (unpaired) electrons. The van der Waals surface area contributed by atoms with Gasteiger partial charge in [0.15, 0.2) is 6.61 Å². The SMILES string of the molecule is CCCNC(=O)C(C)N(Cc1ccc(Br)cc1)C(=O)COc1ccc(Br)c(C)c1. The fraction of sp³-hybridized carbons (Fsp3) is 0.364. The van der Waals surface area contributed by atoms with Gasteiger partial charge in [0, 0.05) is 22.0 Å². The van der Waals surface area contributed by atoms with Gasteiger partial charge in [0.05, 0.1) is 0 Å². The van der Waals surface area contributed by atoms with Crippen molar-refractivity contribution in [1.29, 1.82) is 0 Å². The fourth-order valence-corrected chi connectivity index (χ4v) is 3.21. The van der Waals surface area contributed by atoms with Gasteiger partial charge in [-0.3, -0.25) is 9.59 Å². The molecule has 5 nitrogen and oxygen atoms in total. The van der Waals surface area contributed by atoms with E-state index in [1.54, 1.807) is 17.9 Å². The third kappa shape index (κ3) is 7.16. The molecule has 2 aromatic carbocycles. The Morgan fingerprint density at radius 2 is 1.83 bits per heavy atom. The number of amides is 2. The second-order valence-electron chi connectivity index (χ2n) is 6.81. The smallest absolute Gasteiger partial charge is 0.261 e. The van der Waals surface area contributed by atoms with Crippen molar-refractivity contribution in [3.63, 3.8) is 0 Å². The number of nitrogens with zero attached hydrogens (tertiary/aromatic N) is 1. The quantitative estimate of drug-likeness (QED) is 0.509. The molecule has 0 spiro atoms. The molecule has 0 aliphatic heterocycles. The largest absolute Gasteiger partial charge is 0.484 e. The van der Waals surface area contributed by atoms with Gasteiger partial charge in [-0.2, -0.15) is 0 Å². The molecule has 0 saturated carbocycles. The number of carbonyl (C=O) groups is 2. The summed E-state index contributed by atoms with van der Waals surface area (Å²) >= 11 is 6.87. The first kappa shape index (κ1) is 23.4. The van der Waals surface area contributed by atoms with Gasteiger partial charge in [-0.05, 0) is 61.7 Å². The van der Waals surface area contributed by atoms with Gasteiger partial charge in [0.1, 0.15) is 11.8 Å². The van der Waals surface area contributed by atoms with Crippen molar-refractivity contribution in [2.75, 3.05) is 13.2 Å². The van der Waals surface area contributed by atoms with Crippen LogP contribution in [0.2, 0.25) is 0 Å². The Balaban J connectivity index is 2.13. The standard InChI is InChI=1S/C22H26Br2N2O3/c1-4-11-25-22(28)16(3)26(13-17-5-7-18(23)8-6-17)21(27)14-29-19-9-10-20(24)15(2)12-19/h5-10,12,16H,4,11,13-14H2,1-3H3,(H,25,28). The number of ether oxygens (including phenoxy) is 1. The Bertz CT molecular complexity index is 840. The van der Waals surface area contributed by atoms with Gasteiger partial charge < -0.3 is 15.0 Å². The molecule has 7 heteroatoms. The van der Waals surface area contributed by atoms with Crippen molar-refractivity contribution in [3.05, 3.63) is 62.5 Å². The molecule has 0 heterocycles. The maximum absolute atomic E-state index is 13.0. The van der Waals surface area contributed by atoms with Gasteiger partial charge in [-0.25, -0.2) is 0 Å². The molecule has 0 aliphatic rings. The van der Waals surface area contributed by atoms with Crippen LogP contribution in [0.15, 0.2) is 51.4 Å². The number of rotatable bonds is 9. The molecule has 1 atom stereocenters. The Labute approximate surface area is 189 Å². The predicted octanol–water partition coefficient (Wildman–Crippen LogP) is 4.84. The van der Waals surface area contributed by atoms with Crippen LogP contribution in [0.3, 0.4) is 0 Å². The zero-order valence-electron chi connectivity index (χ0n) is 16.9. The maximum Gasteiger partial charge on any atom is 0.261 e. The van der Waals surface area contributed by atoms with Crippen molar-refractivity contribution in [3.8, 4) is 5.75 Å². The van der Waals surface area contributed by atoms with Crippen LogP contribution in [0.5, 0.6) is 5.75 Å². The molecular formula is C22H26Br2N2O3. The molecule has 156 valence electrons. The third-order valence-corrected chi connectivity index (χ3v) is 5.89. The Morgan fingerprint density at radius 1 is 1.14 bits per heavy atom. The van der Waals surface area contributed by atoms with E-state index in [0.29, 0.717) is 18.8 Å². The fourth-order valence-electron chi connectivity index (χ4n) is 2.70. The van der Waals surface area contributed by atoms with E-state index in [9.17, 15) is 9.59 Å². The maximum atomic E-state index is 13.0. The minimum atomic E-state index is -0.604. The number of halogens is 2. The summed E-state index contributed by atoms with van der Waals surface area (Å²) in [5.74, 6) is 0.204. The van der Waals surface area contributed by atoms with Crippen LogP contribution in [-0.4, -0.2) is 35.9 Å². The summed E-state index contributed by atoms with van der Waals surface area (Å²) < 4.78 is 7.64. The number of carbonyl (C=O) groups excluding carboxylic acids is 2. The average Bonchev–Trinajstić information content (AvgIpc) is 2.71. The lowest BCUT2D eigenvalue weighted by Crippen LogP contribution is -2.49. The molecule has 1 N–H and O–H groups in total. The highest BCUT2D eigenvalue weighted by Gasteiger charge is 2.26. The highest BCUT2D eigenvalue weighted by molar-refractivity contribution is 9.10. The van der Waals surface area contributed by atoms with Crippen LogP contribution in [0.25, 0.3) is 0 Å². The van der Waals surface area contributed by atoms with E-state index in [1.807, 2.05) is 50.2 Å². The van der Waals surface area contributed by atoms with Crippen LogP contribution in [0.1, 0.15) is 31.4 Å². The summed E-state index contributed by atoms with van der Waals surface area (Å²) in [6.45, 7) is 6.46. The number of aryl methyl sites for hydroxylation is 1. The third-order valence-electron chi connectivity index (χ3n) is 4.47. The van der Waals surface area contributed by atoms with E-state index in [1.165, 1.54) is 0 Å². The van der Waals surface area contributed by atoms with Crippen molar-refractivity contribution < 1.29 is 14.3 Å². The molecule has 2 aromatic rings. The van der Waals surface area contributed by atoms with Crippen LogP contribution in [0.4, 0.5) is 0 Å². The van der Waals surface area contributed by atoms with Crippen molar-refractivity contribution in [1.82, 2.24) is 10.2 Å². The molecule has 0 aromatic heterocycles. The summed E-state index contributed by atoms with van der Waals surface area (Å²) in [5, 5.41) is 2.86. The van der Waals surface area contributed by atoms with Gasteiger partial charge in [0.25, 0.3) is 5.91 Å². The van der Waals surface area contributed by atoms with Gasteiger partial charge in [0.2, 0.25) is 5.91 Å². The minimum absolute atomic E-state index is 0.136. The molecule has 0 fully saturated rings. The normalized spacial score (nSPS) is 11.6. The van der Waals surface area contributed by atoms with Gasteiger partial charge >= 0.3 is 0 Å². The van der Waals surface area contributed by atoms with Crippen molar-refractivity contribution in [2.24, 2.45) is 0 Å².